The monoisotopic (exact) mass is 247 g/mol. The molecule has 0 spiro atoms. The van der Waals surface area contributed by atoms with E-state index in [1.54, 1.807) is 17.5 Å². The average Bonchev–Trinajstić information content (AvgIpc) is 2.83. The summed E-state index contributed by atoms with van der Waals surface area (Å²) in [5, 5.41) is 4.88. The summed E-state index contributed by atoms with van der Waals surface area (Å²) >= 11 is 1.62. The van der Waals surface area contributed by atoms with Gasteiger partial charge >= 0.3 is 0 Å². The van der Waals surface area contributed by atoms with Crippen LogP contribution in [0, 0.1) is 6.92 Å². The molecule has 1 atom stereocenters. The van der Waals surface area contributed by atoms with Crippen LogP contribution in [0.5, 0.6) is 0 Å². The van der Waals surface area contributed by atoms with Crippen LogP contribution in [0.25, 0.3) is 0 Å². The van der Waals surface area contributed by atoms with Gasteiger partial charge in [-0.2, -0.15) is 0 Å². The number of hydrogen-bond acceptors (Lipinski definition) is 4. The molecule has 0 unspecified atom stereocenters. The minimum absolute atomic E-state index is 0.00870. The molecular formula is C12H13N3OS. The number of aromatic nitrogens is 2. The largest absolute Gasteiger partial charge is 0.343 e. The first-order chi connectivity index (χ1) is 8.16. The zero-order chi connectivity index (χ0) is 12.3. The predicted octanol–water partition coefficient (Wildman–Crippen LogP) is 2.34. The van der Waals surface area contributed by atoms with Gasteiger partial charge in [0.2, 0.25) is 0 Å². The van der Waals surface area contributed by atoms with Crippen LogP contribution in [-0.4, -0.2) is 15.9 Å². The van der Waals surface area contributed by atoms with E-state index >= 15 is 0 Å². The quantitative estimate of drug-likeness (QED) is 0.905. The fourth-order valence-corrected chi connectivity index (χ4v) is 2.12. The summed E-state index contributed by atoms with van der Waals surface area (Å²) in [6.45, 7) is 3.79. The molecule has 2 aromatic heterocycles. The molecule has 2 heterocycles. The zero-order valence-corrected chi connectivity index (χ0v) is 10.5. The number of carbonyl (C=O) groups excluding carboxylic acids is 1. The second-order valence-corrected chi connectivity index (χ2v) is 4.73. The molecule has 4 nitrogen and oxygen atoms in total. The molecule has 0 saturated heterocycles. The summed E-state index contributed by atoms with van der Waals surface area (Å²) in [5.74, 6) is -0.196. The summed E-state index contributed by atoms with van der Waals surface area (Å²) in [6.07, 6.45) is 3.08. The van der Waals surface area contributed by atoms with E-state index < -0.39 is 0 Å². The highest BCUT2D eigenvalue weighted by atomic mass is 32.1. The van der Waals surface area contributed by atoms with E-state index in [0.29, 0.717) is 5.69 Å². The van der Waals surface area contributed by atoms with Gasteiger partial charge in [0.05, 0.1) is 17.9 Å². The lowest BCUT2D eigenvalue weighted by Gasteiger charge is -2.11. The fourth-order valence-electron chi connectivity index (χ4n) is 1.39. The Hall–Kier alpha value is -1.75. The molecule has 88 valence electrons. The Labute approximate surface area is 104 Å². The summed E-state index contributed by atoms with van der Waals surface area (Å²) in [5.41, 5.74) is 1.15. The molecule has 0 radical (unpaired) electrons. The third-order valence-corrected chi connectivity index (χ3v) is 3.39. The van der Waals surface area contributed by atoms with E-state index in [4.69, 9.17) is 0 Å². The van der Waals surface area contributed by atoms with Crippen LogP contribution < -0.4 is 5.32 Å². The van der Waals surface area contributed by atoms with Crippen molar-refractivity contribution in [1.29, 1.82) is 0 Å². The molecule has 0 aliphatic carbocycles. The van der Waals surface area contributed by atoms with Crippen molar-refractivity contribution in [2.75, 3.05) is 0 Å². The Morgan fingerprint density at radius 3 is 2.82 bits per heavy atom. The van der Waals surface area contributed by atoms with Gasteiger partial charge in [-0.25, -0.2) is 4.98 Å². The van der Waals surface area contributed by atoms with Crippen molar-refractivity contribution < 1.29 is 4.79 Å². The van der Waals surface area contributed by atoms with Gasteiger partial charge in [0.15, 0.2) is 0 Å². The highest BCUT2D eigenvalue weighted by molar-refractivity contribution is 7.10. The SMILES string of the molecule is Cc1cnc(C(=O)N[C@H](C)c2cccs2)cn1. The Bertz CT molecular complexity index is 493. The van der Waals surface area contributed by atoms with Crippen LogP contribution in [0.4, 0.5) is 0 Å². The molecule has 1 N–H and O–H groups in total. The van der Waals surface area contributed by atoms with Gasteiger partial charge in [-0.05, 0) is 25.3 Å². The molecule has 2 rings (SSSR count). The number of rotatable bonds is 3. The summed E-state index contributed by atoms with van der Waals surface area (Å²) < 4.78 is 0. The van der Waals surface area contributed by atoms with Crippen molar-refractivity contribution in [2.24, 2.45) is 0 Å². The Kier molecular flexibility index (Phi) is 3.49. The van der Waals surface area contributed by atoms with Gasteiger partial charge in [0.1, 0.15) is 5.69 Å². The molecule has 17 heavy (non-hydrogen) atoms. The number of amides is 1. The van der Waals surface area contributed by atoms with Crippen molar-refractivity contribution >= 4 is 17.2 Å². The Morgan fingerprint density at radius 1 is 1.41 bits per heavy atom. The number of nitrogens with one attached hydrogen (secondary N) is 1. The van der Waals surface area contributed by atoms with Crippen molar-refractivity contribution in [3.63, 3.8) is 0 Å². The van der Waals surface area contributed by atoms with Crippen molar-refractivity contribution in [1.82, 2.24) is 15.3 Å². The van der Waals surface area contributed by atoms with Gasteiger partial charge in [0, 0.05) is 11.1 Å². The smallest absolute Gasteiger partial charge is 0.271 e. The second kappa shape index (κ2) is 5.05. The number of hydrogen-bond donors (Lipinski definition) is 1. The van der Waals surface area contributed by atoms with Crippen LogP contribution in [0.1, 0.15) is 34.0 Å². The first-order valence-electron chi connectivity index (χ1n) is 5.29. The maximum absolute atomic E-state index is 11.9. The maximum Gasteiger partial charge on any atom is 0.271 e. The van der Waals surface area contributed by atoms with Crippen molar-refractivity contribution in [3.8, 4) is 0 Å². The normalized spacial score (nSPS) is 12.1. The maximum atomic E-state index is 11.9. The summed E-state index contributed by atoms with van der Waals surface area (Å²) in [7, 11) is 0. The van der Waals surface area contributed by atoms with Gasteiger partial charge < -0.3 is 5.32 Å². The standard InChI is InChI=1S/C12H13N3OS/c1-8-6-14-10(7-13-8)12(16)15-9(2)11-4-3-5-17-11/h3-7,9H,1-2H3,(H,15,16)/t9-/m1/s1. The van der Waals surface area contributed by atoms with Crippen LogP contribution in [-0.2, 0) is 0 Å². The van der Waals surface area contributed by atoms with E-state index in [9.17, 15) is 4.79 Å². The third-order valence-electron chi connectivity index (χ3n) is 2.33. The van der Waals surface area contributed by atoms with E-state index in [1.165, 1.54) is 6.20 Å². The molecule has 0 fully saturated rings. The first-order valence-corrected chi connectivity index (χ1v) is 6.17. The Balaban J connectivity index is 2.04. The van der Waals surface area contributed by atoms with Crippen LogP contribution >= 0.6 is 11.3 Å². The van der Waals surface area contributed by atoms with Crippen molar-refractivity contribution in [3.05, 3.63) is 46.2 Å². The molecule has 0 bridgehead atoms. The topological polar surface area (TPSA) is 54.9 Å². The second-order valence-electron chi connectivity index (χ2n) is 3.75. The fraction of sp³-hybridized carbons (Fsp3) is 0.250. The molecule has 2 aromatic rings. The van der Waals surface area contributed by atoms with Crippen LogP contribution in [0.2, 0.25) is 0 Å². The lowest BCUT2D eigenvalue weighted by molar-refractivity contribution is 0.0935. The number of nitrogens with zero attached hydrogens (tertiary/aromatic N) is 2. The van der Waals surface area contributed by atoms with Gasteiger partial charge in [-0.1, -0.05) is 6.07 Å². The number of aryl methyl sites for hydroxylation is 1. The van der Waals surface area contributed by atoms with Crippen LogP contribution in [0.15, 0.2) is 29.9 Å². The molecule has 1 amide bonds. The van der Waals surface area contributed by atoms with Gasteiger partial charge in [-0.15, -0.1) is 11.3 Å². The molecule has 0 aromatic carbocycles. The highest BCUT2D eigenvalue weighted by Gasteiger charge is 2.13. The Morgan fingerprint density at radius 2 is 2.24 bits per heavy atom. The van der Waals surface area contributed by atoms with E-state index in [1.807, 2.05) is 31.4 Å². The minimum atomic E-state index is -0.196. The number of carbonyl (C=O) groups is 1. The first kappa shape index (κ1) is 11.7. The summed E-state index contributed by atoms with van der Waals surface area (Å²) in [4.78, 5) is 21.1. The van der Waals surface area contributed by atoms with E-state index in [2.05, 4.69) is 15.3 Å². The van der Waals surface area contributed by atoms with Gasteiger partial charge in [-0.3, -0.25) is 9.78 Å². The molecule has 0 aliphatic heterocycles. The zero-order valence-electron chi connectivity index (χ0n) is 9.68. The molecule has 5 heteroatoms. The van der Waals surface area contributed by atoms with E-state index in [0.717, 1.165) is 10.6 Å². The van der Waals surface area contributed by atoms with Crippen LogP contribution in [0.3, 0.4) is 0 Å². The molecule has 0 aliphatic rings. The lowest BCUT2D eigenvalue weighted by Crippen LogP contribution is -2.27. The minimum Gasteiger partial charge on any atom is -0.343 e. The molecule has 0 saturated carbocycles. The predicted molar refractivity (Wildman–Crippen MR) is 67.0 cm³/mol. The average molecular weight is 247 g/mol. The highest BCUT2D eigenvalue weighted by Crippen LogP contribution is 2.18. The number of thiophene rings is 1. The molecular weight excluding hydrogens is 234 g/mol. The summed E-state index contributed by atoms with van der Waals surface area (Å²) in [6, 6.07) is 3.95. The lowest BCUT2D eigenvalue weighted by atomic mass is 10.2. The third kappa shape index (κ3) is 2.88. The van der Waals surface area contributed by atoms with Gasteiger partial charge in [0.25, 0.3) is 5.91 Å². The van der Waals surface area contributed by atoms with E-state index in [-0.39, 0.29) is 11.9 Å². The van der Waals surface area contributed by atoms with Crippen molar-refractivity contribution in [2.45, 2.75) is 19.9 Å².